The molecule has 6 nitrogen and oxygen atoms in total. The molecule has 1 aromatic heterocycles. The van der Waals surface area contributed by atoms with Gasteiger partial charge in [-0.1, -0.05) is 58.6 Å². The molecule has 2 amide bonds. The average molecular weight is 403 g/mol. The van der Waals surface area contributed by atoms with E-state index in [4.69, 9.17) is 17.3 Å². The molecule has 0 bridgehead atoms. The van der Waals surface area contributed by atoms with E-state index in [1.165, 1.54) is 34.9 Å². The summed E-state index contributed by atoms with van der Waals surface area (Å²) in [5.41, 5.74) is 6.06. The number of benzene rings is 1. The molecule has 1 aromatic carbocycles. The number of nitrogens with zero attached hydrogens (tertiary/aromatic N) is 3. The van der Waals surface area contributed by atoms with Crippen molar-refractivity contribution in [2.45, 2.75) is 15.2 Å². The fourth-order valence-corrected chi connectivity index (χ4v) is 4.59. The van der Waals surface area contributed by atoms with Gasteiger partial charge in [0.2, 0.25) is 11.8 Å². The molecule has 0 fully saturated rings. The first-order valence-electron chi connectivity index (χ1n) is 6.80. The van der Waals surface area contributed by atoms with Crippen LogP contribution in [0.5, 0.6) is 0 Å². The minimum atomic E-state index is -0.401. The first-order chi connectivity index (χ1) is 11.4. The molecule has 0 atom stereocenters. The van der Waals surface area contributed by atoms with Gasteiger partial charge in [-0.2, -0.15) is 0 Å². The van der Waals surface area contributed by atoms with Crippen LogP contribution in [0.1, 0.15) is 5.56 Å². The highest BCUT2D eigenvalue weighted by Gasteiger charge is 2.13. The molecule has 0 aliphatic carbocycles. The number of nitrogens with two attached hydrogens (primary N) is 1. The van der Waals surface area contributed by atoms with Crippen molar-refractivity contribution in [2.24, 2.45) is 5.73 Å². The van der Waals surface area contributed by atoms with Crippen LogP contribution in [0, 0.1) is 0 Å². The van der Waals surface area contributed by atoms with Gasteiger partial charge >= 0.3 is 0 Å². The molecule has 24 heavy (non-hydrogen) atoms. The van der Waals surface area contributed by atoms with Crippen molar-refractivity contribution < 1.29 is 9.59 Å². The van der Waals surface area contributed by atoms with E-state index in [9.17, 15) is 9.59 Å². The number of hydrogen-bond acceptors (Lipinski definition) is 7. The Morgan fingerprint density at radius 2 is 1.92 bits per heavy atom. The summed E-state index contributed by atoms with van der Waals surface area (Å²) < 4.78 is 1.35. The van der Waals surface area contributed by atoms with Crippen molar-refractivity contribution in [3.8, 4) is 0 Å². The zero-order valence-corrected chi connectivity index (χ0v) is 16.0. The molecular weight excluding hydrogens is 388 g/mol. The van der Waals surface area contributed by atoms with E-state index in [-0.39, 0.29) is 17.4 Å². The van der Waals surface area contributed by atoms with Crippen LogP contribution < -0.4 is 5.73 Å². The highest BCUT2D eigenvalue weighted by atomic mass is 35.5. The molecule has 128 valence electrons. The lowest BCUT2D eigenvalue weighted by atomic mass is 10.2. The van der Waals surface area contributed by atoms with Crippen molar-refractivity contribution in [1.29, 1.82) is 0 Å². The van der Waals surface area contributed by atoms with E-state index in [0.717, 1.165) is 5.56 Å². The number of primary amides is 1. The summed E-state index contributed by atoms with van der Waals surface area (Å²) in [5.74, 6) is 0.0241. The van der Waals surface area contributed by atoms with E-state index in [2.05, 4.69) is 10.2 Å². The van der Waals surface area contributed by atoms with Gasteiger partial charge in [0.15, 0.2) is 8.68 Å². The van der Waals surface area contributed by atoms with E-state index in [1.807, 2.05) is 18.2 Å². The largest absolute Gasteiger partial charge is 0.369 e. The molecule has 10 heteroatoms. The van der Waals surface area contributed by atoms with Crippen LogP contribution in [0.25, 0.3) is 0 Å². The Hall–Kier alpha value is -1.29. The highest BCUT2D eigenvalue weighted by molar-refractivity contribution is 8.03. The number of carbonyl (C=O) groups is 2. The van der Waals surface area contributed by atoms with Gasteiger partial charge in [-0.3, -0.25) is 9.59 Å². The van der Waals surface area contributed by atoms with Gasteiger partial charge in [0, 0.05) is 18.6 Å². The molecule has 2 N–H and O–H groups in total. The summed E-state index contributed by atoms with van der Waals surface area (Å²) in [6.45, 7) is 0.496. The third-order valence-corrected chi connectivity index (χ3v) is 6.21. The Bertz CT molecular complexity index is 726. The molecule has 0 unspecified atom stereocenters. The van der Waals surface area contributed by atoms with Crippen molar-refractivity contribution in [3.05, 3.63) is 34.9 Å². The van der Waals surface area contributed by atoms with Gasteiger partial charge in [0.25, 0.3) is 0 Å². The van der Waals surface area contributed by atoms with E-state index in [0.29, 0.717) is 20.2 Å². The molecule has 0 saturated heterocycles. The van der Waals surface area contributed by atoms with Gasteiger partial charge in [0.1, 0.15) is 0 Å². The summed E-state index contributed by atoms with van der Waals surface area (Å²) in [6, 6.07) is 7.42. The van der Waals surface area contributed by atoms with Crippen LogP contribution in [0.2, 0.25) is 5.02 Å². The van der Waals surface area contributed by atoms with Crippen LogP contribution in [0.3, 0.4) is 0 Å². The quantitative estimate of drug-likeness (QED) is 0.682. The maximum atomic E-state index is 12.2. The maximum Gasteiger partial charge on any atom is 0.233 e. The minimum absolute atomic E-state index is 0.0125. The fraction of sp³-hybridized carbons (Fsp3) is 0.286. The van der Waals surface area contributed by atoms with E-state index >= 15 is 0 Å². The van der Waals surface area contributed by atoms with Crippen LogP contribution in [0.15, 0.2) is 32.9 Å². The number of amides is 2. The van der Waals surface area contributed by atoms with Crippen molar-refractivity contribution in [1.82, 2.24) is 15.1 Å². The number of aromatic nitrogens is 2. The lowest BCUT2D eigenvalue weighted by molar-refractivity contribution is -0.127. The second-order valence-corrected chi connectivity index (χ2v) is 8.62. The zero-order chi connectivity index (χ0) is 17.5. The van der Waals surface area contributed by atoms with Gasteiger partial charge in [-0.15, -0.1) is 10.2 Å². The number of hydrogen-bond donors (Lipinski definition) is 1. The molecule has 2 aromatic rings. The van der Waals surface area contributed by atoms with Crippen LogP contribution >= 0.6 is 46.5 Å². The van der Waals surface area contributed by atoms with Gasteiger partial charge < -0.3 is 10.6 Å². The van der Waals surface area contributed by atoms with Gasteiger partial charge in [0.05, 0.1) is 11.5 Å². The molecule has 0 aliphatic heterocycles. The second-order valence-electron chi connectivity index (χ2n) is 4.76. The summed E-state index contributed by atoms with van der Waals surface area (Å²) in [4.78, 5) is 24.6. The van der Waals surface area contributed by atoms with E-state index in [1.54, 1.807) is 18.0 Å². The van der Waals surface area contributed by atoms with Gasteiger partial charge in [-0.25, -0.2) is 0 Å². The molecule has 0 spiro atoms. The van der Waals surface area contributed by atoms with Crippen molar-refractivity contribution in [2.75, 3.05) is 18.6 Å². The molecule has 0 radical (unpaired) electrons. The van der Waals surface area contributed by atoms with Crippen LogP contribution in [-0.4, -0.2) is 45.5 Å². The predicted octanol–water partition coefficient (Wildman–Crippen LogP) is 2.52. The smallest absolute Gasteiger partial charge is 0.233 e. The summed E-state index contributed by atoms with van der Waals surface area (Å²) in [6.07, 6.45) is 0. The normalized spacial score (nSPS) is 10.6. The Labute approximate surface area is 157 Å². The lowest BCUT2D eigenvalue weighted by Gasteiger charge is -2.16. The Morgan fingerprint density at radius 1 is 1.25 bits per heavy atom. The van der Waals surface area contributed by atoms with Crippen LogP contribution in [-0.2, 0) is 16.1 Å². The maximum absolute atomic E-state index is 12.2. The Balaban J connectivity index is 1.80. The van der Waals surface area contributed by atoms with E-state index < -0.39 is 5.91 Å². The van der Waals surface area contributed by atoms with Crippen LogP contribution in [0.4, 0.5) is 0 Å². The lowest BCUT2D eigenvalue weighted by Crippen LogP contribution is -2.27. The molecule has 0 aliphatic rings. The van der Waals surface area contributed by atoms with Crippen molar-refractivity contribution in [3.63, 3.8) is 0 Å². The molecule has 0 saturated carbocycles. The van der Waals surface area contributed by atoms with Gasteiger partial charge in [-0.05, 0) is 17.7 Å². The highest BCUT2D eigenvalue weighted by Crippen LogP contribution is 2.28. The Morgan fingerprint density at radius 3 is 2.54 bits per heavy atom. The summed E-state index contributed by atoms with van der Waals surface area (Å²) >= 11 is 9.85. The van der Waals surface area contributed by atoms with Crippen molar-refractivity contribution >= 4 is 58.3 Å². The predicted molar refractivity (Wildman–Crippen MR) is 98.5 cm³/mol. The number of thioether (sulfide) groups is 2. The fourth-order valence-electron chi connectivity index (χ4n) is 1.68. The summed E-state index contributed by atoms with van der Waals surface area (Å²) in [5, 5.41) is 8.59. The minimum Gasteiger partial charge on any atom is -0.369 e. The standard InChI is InChI=1S/C14H15ClN4O2S3/c1-19(6-9-3-2-4-10(15)5-9)12(21)8-23-14-18-17-13(24-14)22-7-11(16)20/h2-5H,6-8H2,1H3,(H2,16,20). The SMILES string of the molecule is CN(Cc1cccc(Cl)c1)C(=O)CSc1nnc(SCC(N)=O)s1. The first-order valence-corrected chi connectivity index (χ1v) is 9.96. The zero-order valence-electron chi connectivity index (χ0n) is 12.8. The first kappa shape index (κ1) is 19.0. The third-order valence-electron chi connectivity index (χ3n) is 2.78. The molecular formula is C14H15ClN4O2S3. The second kappa shape index (κ2) is 9.26. The molecule has 1 heterocycles. The summed E-state index contributed by atoms with van der Waals surface area (Å²) in [7, 11) is 1.75. The number of carbonyl (C=O) groups excluding carboxylic acids is 2. The topological polar surface area (TPSA) is 89.2 Å². The molecule has 2 rings (SSSR count). The average Bonchev–Trinajstić information content (AvgIpc) is 2.98. The number of halogens is 1. The number of rotatable bonds is 8. The third kappa shape index (κ3) is 6.31. The monoisotopic (exact) mass is 402 g/mol. The Kier molecular flexibility index (Phi) is 7.35.